The predicted molar refractivity (Wildman–Crippen MR) is 86.7 cm³/mol. The van der Waals surface area contributed by atoms with E-state index in [1.165, 1.54) is 29.8 Å². The number of carbonyl (C=O) groups excluding carboxylic acids is 1. The number of non-ortho nitro benzene ring substituents is 1. The van der Waals surface area contributed by atoms with Crippen molar-refractivity contribution < 1.29 is 14.5 Å². The average Bonchev–Trinajstić information content (AvgIpc) is 2.59. The molecular weight excluding hydrogens is 296 g/mol. The zero-order valence-corrected chi connectivity index (χ0v) is 12.8. The summed E-state index contributed by atoms with van der Waals surface area (Å²) >= 11 is 0. The molecule has 2 aromatic rings. The molecule has 6 nitrogen and oxygen atoms in total. The van der Waals surface area contributed by atoms with E-state index in [2.05, 4.69) is 12.2 Å². The summed E-state index contributed by atoms with van der Waals surface area (Å²) in [5, 5.41) is 13.4. The van der Waals surface area contributed by atoms with Crippen molar-refractivity contribution in [1.82, 2.24) is 5.32 Å². The van der Waals surface area contributed by atoms with Gasteiger partial charge >= 0.3 is 0 Å². The van der Waals surface area contributed by atoms with Crippen LogP contribution in [0.1, 0.15) is 22.8 Å². The fraction of sp³-hybridized carbons (Fsp3) is 0.235. The van der Waals surface area contributed by atoms with Gasteiger partial charge in [0.2, 0.25) is 0 Å². The Labute approximate surface area is 134 Å². The monoisotopic (exact) mass is 314 g/mol. The van der Waals surface area contributed by atoms with Gasteiger partial charge in [0.05, 0.1) is 11.5 Å². The third kappa shape index (κ3) is 4.81. The van der Waals surface area contributed by atoms with Gasteiger partial charge in [0, 0.05) is 17.7 Å². The van der Waals surface area contributed by atoms with Crippen molar-refractivity contribution in [3.05, 3.63) is 69.8 Å². The third-order valence-electron chi connectivity index (χ3n) is 3.31. The van der Waals surface area contributed by atoms with Crippen molar-refractivity contribution in [2.45, 2.75) is 13.3 Å². The van der Waals surface area contributed by atoms with Crippen molar-refractivity contribution >= 4 is 11.6 Å². The molecule has 120 valence electrons. The van der Waals surface area contributed by atoms with Crippen LogP contribution in [0.2, 0.25) is 0 Å². The SMILES string of the molecule is CCc1ccc(OCCNC(=O)c2cccc([N+](=O)[O-])c2)cc1. The van der Waals surface area contributed by atoms with Crippen LogP contribution in [-0.2, 0) is 6.42 Å². The fourth-order valence-corrected chi connectivity index (χ4v) is 2.02. The number of aryl methyl sites for hydroxylation is 1. The van der Waals surface area contributed by atoms with Crippen LogP contribution in [0.15, 0.2) is 48.5 Å². The molecule has 0 spiro atoms. The quantitative estimate of drug-likeness (QED) is 0.484. The van der Waals surface area contributed by atoms with Gasteiger partial charge in [-0.1, -0.05) is 25.1 Å². The summed E-state index contributed by atoms with van der Waals surface area (Å²) in [7, 11) is 0. The summed E-state index contributed by atoms with van der Waals surface area (Å²) in [6.45, 7) is 2.72. The lowest BCUT2D eigenvalue weighted by atomic mass is 10.2. The molecule has 0 aliphatic carbocycles. The zero-order valence-electron chi connectivity index (χ0n) is 12.8. The number of carbonyl (C=O) groups is 1. The molecule has 0 saturated carbocycles. The van der Waals surface area contributed by atoms with E-state index in [9.17, 15) is 14.9 Å². The summed E-state index contributed by atoms with van der Waals surface area (Å²) in [5.74, 6) is 0.380. The summed E-state index contributed by atoms with van der Waals surface area (Å²) in [5.41, 5.74) is 1.38. The standard InChI is InChI=1S/C17H18N2O4/c1-2-13-6-8-16(9-7-13)23-11-10-18-17(20)14-4-3-5-15(12-14)19(21)22/h3-9,12H,2,10-11H2,1H3,(H,18,20). The van der Waals surface area contributed by atoms with Crippen molar-refractivity contribution in [2.75, 3.05) is 13.2 Å². The van der Waals surface area contributed by atoms with Crippen LogP contribution in [0.25, 0.3) is 0 Å². The molecule has 0 radical (unpaired) electrons. The highest BCUT2D eigenvalue weighted by Gasteiger charge is 2.10. The van der Waals surface area contributed by atoms with Crippen molar-refractivity contribution in [3.8, 4) is 5.75 Å². The summed E-state index contributed by atoms with van der Waals surface area (Å²) in [4.78, 5) is 22.1. The maximum absolute atomic E-state index is 11.9. The number of nitrogens with zero attached hydrogens (tertiary/aromatic N) is 1. The minimum atomic E-state index is -0.528. The van der Waals surface area contributed by atoms with E-state index in [1.807, 2.05) is 24.3 Å². The van der Waals surface area contributed by atoms with Crippen molar-refractivity contribution in [1.29, 1.82) is 0 Å². The van der Waals surface area contributed by atoms with Gasteiger partial charge in [0.15, 0.2) is 0 Å². The lowest BCUT2D eigenvalue weighted by Crippen LogP contribution is -2.28. The average molecular weight is 314 g/mol. The zero-order chi connectivity index (χ0) is 16.7. The van der Waals surface area contributed by atoms with Crippen LogP contribution in [0.3, 0.4) is 0 Å². The lowest BCUT2D eigenvalue weighted by Gasteiger charge is -2.08. The van der Waals surface area contributed by atoms with E-state index in [0.29, 0.717) is 13.2 Å². The number of hydrogen-bond donors (Lipinski definition) is 1. The van der Waals surface area contributed by atoms with E-state index in [-0.39, 0.29) is 17.2 Å². The van der Waals surface area contributed by atoms with Gasteiger partial charge in [-0.3, -0.25) is 14.9 Å². The summed E-state index contributed by atoms with van der Waals surface area (Å²) in [6, 6.07) is 13.4. The largest absolute Gasteiger partial charge is 0.492 e. The molecule has 0 atom stereocenters. The molecule has 0 bridgehead atoms. The normalized spacial score (nSPS) is 10.1. The van der Waals surface area contributed by atoms with Gasteiger partial charge < -0.3 is 10.1 Å². The third-order valence-corrected chi connectivity index (χ3v) is 3.31. The van der Waals surface area contributed by atoms with E-state index >= 15 is 0 Å². The first-order chi connectivity index (χ1) is 11.1. The lowest BCUT2D eigenvalue weighted by molar-refractivity contribution is -0.384. The number of ether oxygens (including phenoxy) is 1. The van der Waals surface area contributed by atoms with Gasteiger partial charge in [-0.2, -0.15) is 0 Å². The van der Waals surface area contributed by atoms with E-state index in [1.54, 1.807) is 0 Å². The second kappa shape index (κ2) is 7.93. The maximum atomic E-state index is 11.9. The highest BCUT2D eigenvalue weighted by Crippen LogP contribution is 2.13. The molecule has 0 saturated heterocycles. The Morgan fingerprint density at radius 3 is 2.61 bits per heavy atom. The van der Waals surface area contributed by atoms with Crippen molar-refractivity contribution in [2.24, 2.45) is 0 Å². The Morgan fingerprint density at radius 2 is 1.96 bits per heavy atom. The Bertz CT molecular complexity index is 683. The Hall–Kier alpha value is -2.89. The fourth-order valence-electron chi connectivity index (χ4n) is 2.02. The van der Waals surface area contributed by atoms with Gasteiger partial charge in [-0.05, 0) is 30.2 Å². The van der Waals surface area contributed by atoms with Gasteiger partial charge in [-0.15, -0.1) is 0 Å². The Balaban J connectivity index is 1.80. The van der Waals surface area contributed by atoms with Crippen LogP contribution in [0.5, 0.6) is 5.75 Å². The van der Waals surface area contributed by atoms with Gasteiger partial charge in [0.25, 0.3) is 11.6 Å². The molecule has 0 aliphatic heterocycles. The van der Waals surface area contributed by atoms with Crippen LogP contribution >= 0.6 is 0 Å². The Kier molecular flexibility index (Phi) is 5.68. The molecule has 1 amide bonds. The number of nitro groups is 1. The molecule has 0 aliphatic rings. The smallest absolute Gasteiger partial charge is 0.270 e. The predicted octanol–water partition coefficient (Wildman–Crippen LogP) is 2.97. The maximum Gasteiger partial charge on any atom is 0.270 e. The van der Waals surface area contributed by atoms with Crippen LogP contribution < -0.4 is 10.1 Å². The molecular formula is C17H18N2O4. The van der Waals surface area contributed by atoms with Crippen LogP contribution in [0.4, 0.5) is 5.69 Å². The van der Waals surface area contributed by atoms with Crippen molar-refractivity contribution in [3.63, 3.8) is 0 Å². The molecule has 6 heteroatoms. The number of nitro benzene ring substituents is 1. The number of hydrogen-bond acceptors (Lipinski definition) is 4. The topological polar surface area (TPSA) is 81.5 Å². The molecule has 2 aromatic carbocycles. The van der Waals surface area contributed by atoms with E-state index < -0.39 is 4.92 Å². The second-order valence-corrected chi connectivity index (χ2v) is 4.91. The minimum Gasteiger partial charge on any atom is -0.492 e. The molecule has 1 N–H and O–H groups in total. The first-order valence-corrected chi connectivity index (χ1v) is 7.34. The first-order valence-electron chi connectivity index (χ1n) is 7.34. The second-order valence-electron chi connectivity index (χ2n) is 4.91. The van der Waals surface area contributed by atoms with Crippen LogP contribution in [-0.4, -0.2) is 24.0 Å². The Morgan fingerprint density at radius 1 is 1.22 bits per heavy atom. The number of rotatable bonds is 7. The molecule has 23 heavy (non-hydrogen) atoms. The molecule has 2 rings (SSSR count). The van der Waals surface area contributed by atoms with E-state index in [0.717, 1.165) is 12.2 Å². The molecule has 0 heterocycles. The van der Waals surface area contributed by atoms with E-state index in [4.69, 9.17) is 4.74 Å². The summed E-state index contributed by atoms with van der Waals surface area (Å²) < 4.78 is 5.53. The number of amides is 1. The van der Waals surface area contributed by atoms with Crippen LogP contribution in [0, 0.1) is 10.1 Å². The highest BCUT2D eigenvalue weighted by atomic mass is 16.6. The number of benzene rings is 2. The molecule has 0 fully saturated rings. The summed E-state index contributed by atoms with van der Waals surface area (Å²) in [6.07, 6.45) is 0.972. The van der Waals surface area contributed by atoms with Gasteiger partial charge in [0.1, 0.15) is 12.4 Å². The van der Waals surface area contributed by atoms with Gasteiger partial charge in [-0.25, -0.2) is 0 Å². The minimum absolute atomic E-state index is 0.107. The highest BCUT2D eigenvalue weighted by molar-refractivity contribution is 5.94. The first kappa shape index (κ1) is 16.5. The number of nitrogens with one attached hydrogen (secondary N) is 1. The molecule has 0 unspecified atom stereocenters. The molecule has 0 aromatic heterocycles.